The Bertz CT molecular complexity index is 472. The Labute approximate surface area is 120 Å². The van der Waals surface area contributed by atoms with Gasteiger partial charge in [0, 0.05) is 16.3 Å². The predicted molar refractivity (Wildman–Crippen MR) is 82.5 cm³/mol. The van der Waals surface area contributed by atoms with Crippen LogP contribution in [0.5, 0.6) is 0 Å². The molecular formula is C14H24N4O2. The monoisotopic (exact) mass is 280 g/mol. The van der Waals surface area contributed by atoms with Gasteiger partial charge in [0.15, 0.2) is 0 Å². The van der Waals surface area contributed by atoms with Crippen LogP contribution in [-0.2, 0) is 0 Å². The molecule has 0 saturated heterocycles. The van der Waals surface area contributed by atoms with E-state index in [1.807, 2.05) is 44.7 Å². The second kappa shape index (κ2) is 7.09. The standard InChI is InChI=1S/C14H24N4O2/c1-5-17(6-2)14(9-18(19)20)16-13-8-7-12(15)10(3)11(13)4/h7-8,14,16H,5-6,9,15H2,1-4H3. The highest BCUT2D eigenvalue weighted by atomic mass is 16.6. The third-order valence-corrected chi connectivity index (χ3v) is 3.73. The third kappa shape index (κ3) is 3.84. The fourth-order valence-corrected chi connectivity index (χ4v) is 2.24. The van der Waals surface area contributed by atoms with Crippen molar-refractivity contribution in [2.24, 2.45) is 0 Å². The first-order chi connectivity index (χ1) is 9.40. The molecule has 0 spiro atoms. The number of nitrogens with two attached hydrogens (primary N) is 1. The van der Waals surface area contributed by atoms with E-state index in [0.717, 1.165) is 35.6 Å². The summed E-state index contributed by atoms with van der Waals surface area (Å²) in [5.41, 5.74) is 9.54. The number of anilines is 2. The van der Waals surface area contributed by atoms with Gasteiger partial charge in [-0.2, -0.15) is 0 Å². The molecule has 0 aliphatic carbocycles. The highest BCUT2D eigenvalue weighted by molar-refractivity contribution is 5.63. The first-order valence-corrected chi connectivity index (χ1v) is 6.88. The molecule has 0 aliphatic heterocycles. The van der Waals surface area contributed by atoms with Gasteiger partial charge in [0.25, 0.3) is 0 Å². The molecule has 1 atom stereocenters. The van der Waals surface area contributed by atoms with Crippen LogP contribution >= 0.6 is 0 Å². The first kappa shape index (κ1) is 16.2. The molecule has 0 aliphatic rings. The second-order valence-corrected chi connectivity index (χ2v) is 4.85. The SMILES string of the molecule is CCN(CC)C(C[N+](=O)[O-])Nc1ccc(N)c(C)c1C. The van der Waals surface area contributed by atoms with Gasteiger partial charge in [0.05, 0.1) is 0 Å². The van der Waals surface area contributed by atoms with Gasteiger partial charge >= 0.3 is 0 Å². The van der Waals surface area contributed by atoms with E-state index in [1.165, 1.54) is 0 Å². The lowest BCUT2D eigenvalue weighted by Gasteiger charge is -2.29. The number of hydrogen-bond donors (Lipinski definition) is 2. The maximum Gasteiger partial charge on any atom is 0.237 e. The van der Waals surface area contributed by atoms with Crippen LogP contribution in [0.3, 0.4) is 0 Å². The van der Waals surface area contributed by atoms with Crippen molar-refractivity contribution in [1.29, 1.82) is 0 Å². The van der Waals surface area contributed by atoms with Crippen LogP contribution in [0, 0.1) is 24.0 Å². The molecule has 20 heavy (non-hydrogen) atoms. The average molecular weight is 280 g/mol. The molecule has 1 aromatic rings. The largest absolute Gasteiger partial charge is 0.399 e. The summed E-state index contributed by atoms with van der Waals surface area (Å²) < 4.78 is 0. The minimum absolute atomic E-state index is 0.134. The van der Waals surface area contributed by atoms with Crippen molar-refractivity contribution >= 4 is 11.4 Å². The summed E-state index contributed by atoms with van der Waals surface area (Å²) in [7, 11) is 0. The molecule has 6 heteroatoms. The lowest BCUT2D eigenvalue weighted by Crippen LogP contribution is -2.45. The van der Waals surface area contributed by atoms with E-state index >= 15 is 0 Å². The summed E-state index contributed by atoms with van der Waals surface area (Å²) in [5, 5.41) is 14.1. The van der Waals surface area contributed by atoms with Crippen molar-refractivity contribution < 1.29 is 4.92 Å². The quantitative estimate of drug-likeness (QED) is 0.346. The number of benzene rings is 1. The number of nitrogen functional groups attached to an aromatic ring is 1. The third-order valence-electron chi connectivity index (χ3n) is 3.73. The van der Waals surface area contributed by atoms with Crippen LogP contribution in [0.1, 0.15) is 25.0 Å². The number of likely N-dealkylation sites (N-methyl/N-ethyl adjacent to an activating group) is 1. The Kier molecular flexibility index (Phi) is 5.76. The zero-order valence-electron chi connectivity index (χ0n) is 12.6. The fraction of sp³-hybridized carbons (Fsp3) is 0.571. The summed E-state index contributed by atoms with van der Waals surface area (Å²) in [6.07, 6.45) is -0.318. The van der Waals surface area contributed by atoms with Crippen molar-refractivity contribution in [3.05, 3.63) is 33.4 Å². The van der Waals surface area contributed by atoms with Gasteiger partial charge < -0.3 is 11.1 Å². The van der Waals surface area contributed by atoms with Crippen LogP contribution in [0.15, 0.2) is 12.1 Å². The molecule has 0 fully saturated rings. The number of nitrogens with zero attached hydrogens (tertiary/aromatic N) is 2. The van der Waals surface area contributed by atoms with Crippen LogP contribution in [0.25, 0.3) is 0 Å². The van der Waals surface area contributed by atoms with Gasteiger partial charge in [0.2, 0.25) is 6.54 Å². The van der Waals surface area contributed by atoms with Gasteiger partial charge in [-0.15, -0.1) is 0 Å². The lowest BCUT2D eigenvalue weighted by atomic mass is 10.1. The molecule has 1 unspecified atom stereocenters. The summed E-state index contributed by atoms with van der Waals surface area (Å²) in [6, 6.07) is 3.71. The van der Waals surface area contributed by atoms with Crippen molar-refractivity contribution in [3.63, 3.8) is 0 Å². The minimum atomic E-state index is -0.318. The van der Waals surface area contributed by atoms with Crippen molar-refractivity contribution in [3.8, 4) is 0 Å². The van der Waals surface area contributed by atoms with E-state index in [2.05, 4.69) is 5.32 Å². The summed E-state index contributed by atoms with van der Waals surface area (Å²) in [5.74, 6) is 0. The van der Waals surface area contributed by atoms with E-state index in [-0.39, 0.29) is 17.6 Å². The molecule has 112 valence electrons. The Morgan fingerprint density at radius 3 is 2.40 bits per heavy atom. The van der Waals surface area contributed by atoms with Crippen molar-refractivity contribution in [2.75, 3.05) is 30.7 Å². The molecule has 0 aromatic heterocycles. The number of nitrogens with one attached hydrogen (secondary N) is 1. The maximum atomic E-state index is 10.9. The van der Waals surface area contributed by atoms with Crippen molar-refractivity contribution in [2.45, 2.75) is 33.9 Å². The van der Waals surface area contributed by atoms with Crippen LogP contribution < -0.4 is 11.1 Å². The highest BCUT2D eigenvalue weighted by Crippen LogP contribution is 2.24. The van der Waals surface area contributed by atoms with Gasteiger partial charge in [-0.25, -0.2) is 0 Å². The van der Waals surface area contributed by atoms with E-state index in [1.54, 1.807) is 0 Å². The molecule has 0 amide bonds. The topological polar surface area (TPSA) is 84.4 Å². The normalized spacial score (nSPS) is 12.4. The van der Waals surface area contributed by atoms with Gasteiger partial charge in [-0.3, -0.25) is 15.0 Å². The number of nitro groups is 1. The Morgan fingerprint density at radius 2 is 1.90 bits per heavy atom. The lowest BCUT2D eigenvalue weighted by molar-refractivity contribution is -0.485. The van der Waals surface area contributed by atoms with Crippen LogP contribution in [0.4, 0.5) is 11.4 Å². The molecule has 1 rings (SSSR count). The predicted octanol–water partition coefficient (Wildman–Crippen LogP) is 2.24. The molecule has 0 bridgehead atoms. The molecule has 0 heterocycles. The van der Waals surface area contributed by atoms with E-state index in [9.17, 15) is 10.1 Å². The summed E-state index contributed by atoms with van der Waals surface area (Å²) in [4.78, 5) is 12.6. The van der Waals surface area contributed by atoms with Gasteiger partial charge in [-0.05, 0) is 50.2 Å². The summed E-state index contributed by atoms with van der Waals surface area (Å²) in [6.45, 7) is 9.31. The Balaban J connectivity index is 3.00. The summed E-state index contributed by atoms with van der Waals surface area (Å²) >= 11 is 0. The van der Waals surface area contributed by atoms with E-state index in [0.29, 0.717) is 0 Å². The molecular weight excluding hydrogens is 256 g/mol. The van der Waals surface area contributed by atoms with Crippen LogP contribution in [0.2, 0.25) is 0 Å². The zero-order valence-corrected chi connectivity index (χ0v) is 12.6. The van der Waals surface area contributed by atoms with Gasteiger partial charge in [-0.1, -0.05) is 13.8 Å². The zero-order chi connectivity index (χ0) is 15.3. The minimum Gasteiger partial charge on any atom is -0.399 e. The first-order valence-electron chi connectivity index (χ1n) is 6.88. The Morgan fingerprint density at radius 1 is 1.30 bits per heavy atom. The fourth-order valence-electron chi connectivity index (χ4n) is 2.24. The molecule has 3 N–H and O–H groups in total. The number of hydrogen-bond acceptors (Lipinski definition) is 5. The Hall–Kier alpha value is -1.82. The maximum absolute atomic E-state index is 10.9. The highest BCUT2D eigenvalue weighted by Gasteiger charge is 2.22. The second-order valence-electron chi connectivity index (χ2n) is 4.85. The van der Waals surface area contributed by atoms with Crippen molar-refractivity contribution in [1.82, 2.24) is 4.90 Å². The smallest absolute Gasteiger partial charge is 0.237 e. The average Bonchev–Trinajstić information content (AvgIpc) is 2.40. The molecule has 1 aromatic carbocycles. The van der Waals surface area contributed by atoms with Gasteiger partial charge in [0.1, 0.15) is 6.17 Å². The number of rotatable bonds is 7. The van der Waals surface area contributed by atoms with Crippen LogP contribution in [-0.4, -0.2) is 35.6 Å². The van der Waals surface area contributed by atoms with E-state index in [4.69, 9.17) is 5.73 Å². The van der Waals surface area contributed by atoms with E-state index < -0.39 is 0 Å². The molecule has 0 radical (unpaired) electrons. The molecule has 6 nitrogen and oxygen atoms in total. The molecule has 0 saturated carbocycles.